The second-order valence-corrected chi connectivity index (χ2v) is 15.1. The van der Waals surface area contributed by atoms with Gasteiger partial charge in [-0.05, 0) is 74.3 Å². The van der Waals surface area contributed by atoms with Gasteiger partial charge in [0.15, 0.2) is 11.5 Å². The Bertz CT molecular complexity index is 2050. The molecule has 4 aliphatic rings. The zero-order valence-corrected chi connectivity index (χ0v) is 29.6. The lowest BCUT2D eigenvalue weighted by Crippen LogP contribution is -2.52. The number of aliphatic hydroxyl groups excluding tert-OH is 1. The number of amides is 4. The number of hydrogen-bond acceptors (Lipinski definition) is 10. The number of nitrogens with one attached hydrogen (secondary N) is 3. The molecule has 2 aromatic carbocycles. The zero-order chi connectivity index (χ0) is 38.7. The Hall–Kier alpha value is -5.29. The summed E-state index contributed by atoms with van der Waals surface area (Å²) in [6, 6.07) is 8.42. The van der Waals surface area contributed by atoms with Gasteiger partial charge in [0.25, 0.3) is 11.8 Å². The molecule has 3 heterocycles. The van der Waals surface area contributed by atoms with Crippen LogP contribution in [0.3, 0.4) is 0 Å². The molecule has 6 N–H and O–H groups in total. The van der Waals surface area contributed by atoms with E-state index in [1.54, 1.807) is 18.2 Å². The van der Waals surface area contributed by atoms with Crippen molar-refractivity contribution in [2.24, 2.45) is 11.1 Å². The van der Waals surface area contributed by atoms with E-state index in [1.807, 2.05) is 13.8 Å². The van der Waals surface area contributed by atoms with Crippen LogP contribution in [0.4, 0.5) is 24.5 Å². The van der Waals surface area contributed by atoms with Crippen LogP contribution >= 0.6 is 0 Å². The summed E-state index contributed by atoms with van der Waals surface area (Å²) in [6.07, 6.45) is -4.01. The van der Waals surface area contributed by atoms with Crippen molar-refractivity contribution in [2.75, 3.05) is 10.6 Å². The van der Waals surface area contributed by atoms with Crippen LogP contribution in [0.1, 0.15) is 107 Å². The topological polar surface area (TPSA) is 198 Å². The summed E-state index contributed by atoms with van der Waals surface area (Å²) < 4.78 is 49.2. The first-order valence-electron chi connectivity index (χ1n) is 17.8. The van der Waals surface area contributed by atoms with Crippen LogP contribution in [-0.4, -0.2) is 73.8 Å². The van der Waals surface area contributed by atoms with Crippen molar-refractivity contribution >= 4 is 40.8 Å². The van der Waals surface area contributed by atoms with E-state index in [0.717, 1.165) is 4.68 Å². The molecule has 0 radical (unpaired) electrons. The summed E-state index contributed by atoms with van der Waals surface area (Å²) in [7, 11) is 0. The largest absolute Gasteiger partial charge is 0.435 e. The average Bonchev–Trinajstić information content (AvgIpc) is 3.64. The summed E-state index contributed by atoms with van der Waals surface area (Å²) >= 11 is 0. The van der Waals surface area contributed by atoms with Crippen molar-refractivity contribution in [1.82, 2.24) is 20.0 Å². The van der Waals surface area contributed by atoms with Crippen molar-refractivity contribution in [3.63, 3.8) is 0 Å². The Morgan fingerprint density at radius 3 is 2.48 bits per heavy atom. The monoisotopic (exact) mass is 751 g/mol. The molecule has 0 spiro atoms. The van der Waals surface area contributed by atoms with E-state index in [0.29, 0.717) is 48.2 Å². The number of benzene rings is 2. The van der Waals surface area contributed by atoms with E-state index in [-0.39, 0.29) is 73.1 Å². The Morgan fingerprint density at radius 2 is 1.80 bits per heavy atom. The van der Waals surface area contributed by atoms with Crippen LogP contribution < -0.4 is 21.7 Å². The third-order valence-electron chi connectivity index (χ3n) is 10.5. The zero-order valence-electron chi connectivity index (χ0n) is 29.6. The molecular weight excluding hydrogens is 711 g/mol. The highest BCUT2D eigenvalue weighted by Gasteiger charge is 2.46. The second-order valence-electron chi connectivity index (χ2n) is 15.1. The third-order valence-corrected chi connectivity index (χ3v) is 10.5. The molecule has 1 saturated heterocycles. The van der Waals surface area contributed by atoms with Gasteiger partial charge >= 0.3 is 6.18 Å². The molecule has 1 saturated carbocycles. The summed E-state index contributed by atoms with van der Waals surface area (Å²) in [6.45, 7) is 3.74. The maximum atomic E-state index is 14.0. The fraction of sp³-hybridized carbons (Fsp3) is 0.459. The van der Waals surface area contributed by atoms with E-state index in [1.165, 1.54) is 23.1 Å². The van der Waals surface area contributed by atoms with Gasteiger partial charge in [0.05, 0.1) is 28.6 Å². The summed E-state index contributed by atoms with van der Waals surface area (Å²) in [5.41, 5.74) is 5.71. The fourth-order valence-electron chi connectivity index (χ4n) is 7.99. The number of alkyl halides is 3. The fourth-order valence-corrected chi connectivity index (χ4v) is 7.99. The van der Waals surface area contributed by atoms with Crippen molar-refractivity contribution < 1.29 is 47.0 Å². The minimum Gasteiger partial charge on any atom is -0.382 e. The first-order chi connectivity index (χ1) is 25.5. The number of ether oxygens (including phenoxy) is 1. The molecule has 2 fully saturated rings. The van der Waals surface area contributed by atoms with Crippen molar-refractivity contribution in [2.45, 2.75) is 103 Å². The number of aliphatic hydroxyl groups is 1. The molecule has 14 nitrogen and oxygen atoms in total. The standard InChI is InChI=1S/C37H40F3N7O7/c1-36(2)15-27-30(28(48)16-36)31(37(38,39)40)45-47(27)19-8-11-22(32(41)50)25(14-19)42-18-6-9-20(10-7-18)54-35(53)43-24-5-3-4-21-23(24)17-46(34(21)52)26-12-13-29(49)44-33(26)51/h3-5,8,11,14,18,20,26,35,42-43,53H,6-7,9-10,12-13,15-17H2,1-2H3,(H2,41,50)(H,44,49,51)/t18?,20?,26?,35-/m0/s1. The molecule has 2 atom stereocenters. The molecule has 1 unspecified atom stereocenters. The number of halogens is 3. The van der Waals surface area contributed by atoms with Crippen LogP contribution in [0.25, 0.3) is 5.69 Å². The molecule has 7 rings (SSSR count). The number of hydrogen-bond donors (Lipinski definition) is 5. The predicted octanol–water partition coefficient (Wildman–Crippen LogP) is 4.03. The molecule has 286 valence electrons. The Labute approximate surface area is 307 Å². The summed E-state index contributed by atoms with van der Waals surface area (Å²) in [5.74, 6) is -2.60. The molecule has 2 aliphatic carbocycles. The Kier molecular flexibility index (Phi) is 9.50. The highest BCUT2D eigenvalue weighted by atomic mass is 19.4. The maximum absolute atomic E-state index is 14.0. The van der Waals surface area contributed by atoms with E-state index in [4.69, 9.17) is 10.5 Å². The minimum atomic E-state index is -4.84. The van der Waals surface area contributed by atoms with Gasteiger partial charge in [0, 0.05) is 47.9 Å². The van der Waals surface area contributed by atoms with Crippen LogP contribution in [0.15, 0.2) is 36.4 Å². The molecule has 3 aromatic rings. The van der Waals surface area contributed by atoms with Gasteiger partial charge in [-0.3, -0.25) is 29.3 Å². The van der Waals surface area contributed by atoms with Crippen LogP contribution in [0.2, 0.25) is 0 Å². The number of rotatable bonds is 9. The first-order valence-corrected chi connectivity index (χ1v) is 17.8. The molecule has 2 aliphatic heterocycles. The Balaban J connectivity index is 1.01. The number of carbonyl (C=O) groups is 5. The maximum Gasteiger partial charge on any atom is 0.435 e. The van der Waals surface area contributed by atoms with Gasteiger partial charge in [-0.2, -0.15) is 18.3 Å². The number of ketones is 1. The number of nitrogens with zero attached hydrogens (tertiary/aromatic N) is 3. The molecule has 54 heavy (non-hydrogen) atoms. The van der Waals surface area contributed by atoms with E-state index in [9.17, 15) is 42.3 Å². The Morgan fingerprint density at radius 1 is 1.06 bits per heavy atom. The van der Waals surface area contributed by atoms with Crippen LogP contribution in [0.5, 0.6) is 0 Å². The lowest BCUT2D eigenvalue weighted by molar-refractivity contribution is -0.141. The second kappa shape index (κ2) is 13.8. The number of fused-ring (bicyclic) bond motifs is 2. The van der Waals surface area contributed by atoms with Gasteiger partial charge in [0.2, 0.25) is 18.2 Å². The number of imide groups is 1. The van der Waals surface area contributed by atoms with Gasteiger partial charge in [-0.1, -0.05) is 19.9 Å². The van der Waals surface area contributed by atoms with Gasteiger partial charge in [0.1, 0.15) is 6.04 Å². The normalized spacial score (nSPS) is 23.1. The predicted molar refractivity (Wildman–Crippen MR) is 186 cm³/mol. The molecule has 1 aromatic heterocycles. The third kappa shape index (κ3) is 7.16. The lowest BCUT2D eigenvalue weighted by atomic mass is 9.75. The summed E-state index contributed by atoms with van der Waals surface area (Å²) in [4.78, 5) is 64.0. The molecular formula is C37H40F3N7O7. The minimum absolute atomic E-state index is 0.0396. The number of primary amides is 1. The number of aromatic nitrogens is 2. The first kappa shape index (κ1) is 37.0. The highest BCUT2D eigenvalue weighted by Crippen LogP contribution is 2.42. The smallest absolute Gasteiger partial charge is 0.382 e. The number of piperidine rings is 1. The average molecular weight is 752 g/mol. The SMILES string of the molecule is CC1(C)CC(=O)c2c(C(F)(F)F)nn(-c3ccc(C(N)=O)c(NC4CCC(O[C@H](O)Nc5cccc6c5CN(C5CCC(=O)NC5=O)C6=O)CC4)c3)c2C1. The number of nitrogens with two attached hydrogens (primary N) is 1. The molecule has 0 bridgehead atoms. The highest BCUT2D eigenvalue weighted by molar-refractivity contribution is 6.06. The summed E-state index contributed by atoms with van der Waals surface area (Å²) in [5, 5.41) is 23.2. The van der Waals surface area contributed by atoms with Crippen molar-refractivity contribution in [3.8, 4) is 5.69 Å². The number of carbonyl (C=O) groups excluding carboxylic acids is 5. The van der Waals surface area contributed by atoms with E-state index < -0.39 is 52.9 Å². The number of Topliss-reactive ketones (excluding diaryl/α,β-unsaturated/α-hetero) is 1. The van der Waals surface area contributed by atoms with E-state index >= 15 is 0 Å². The number of anilines is 2. The van der Waals surface area contributed by atoms with Crippen molar-refractivity contribution in [1.29, 1.82) is 0 Å². The van der Waals surface area contributed by atoms with Crippen LogP contribution in [0, 0.1) is 5.41 Å². The molecule has 4 amide bonds. The van der Waals surface area contributed by atoms with Gasteiger partial charge in [-0.15, -0.1) is 0 Å². The van der Waals surface area contributed by atoms with Gasteiger partial charge in [-0.25, -0.2) is 4.68 Å². The molecule has 17 heteroatoms. The van der Waals surface area contributed by atoms with Crippen LogP contribution in [-0.2, 0) is 33.5 Å². The quantitative estimate of drug-likeness (QED) is 0.157. The van der Waals surface area contributed by atoms with Gasteiger partial charge < -0.3 is 31.1 Å². The lowest BCUT2D eigenvalue weighted by Gasteiger charge is -2.32. The van der Waals surface area contributed by atoms with Crippen molar-refractivity contribution in [3.05, 3.63) is 70.0 Å². The van der Waals surface area contributed by atoms with E-state index in [2.05, 4.69) is 21.0 Å².